The van der Waals surface area contributed by atoms with Crippen molar-refractivity contribution in [2.24, 2.45) is 29.1 Å². The molecule has 242 valence electrons. The average molecular weight is 607 g/mol. The van der Waals surface area contributed by atoms with E-state index in [4.69, 9.17) is 0 Å². The maximum Gasteiger partial charge on any atom is 0.195 e. The molecule has 0 aromatic carbocycles. The first kappa shape index (κ1) is 38.6. The second kappa shape index (κ2) is 20.5. The van der Waals surface area contributed by atoms with Gasteiger partial charge in [0.2, 0.25) is 0 Å². The van der Waals surface area contributed by atoms with E-state index < -0.39 is 35.4 Å². The van der Waals surface area contributed by atoms with Crippen molar-refractivity contribution in [1.82, 2.24) is 0 Å². The van der Waals surface area contributed by atoms with Crippen LogP contribution in [-0.2, 0) is 0 Å². The Labute approximate surface area is 259 Å². The van der Waals surface area contributed by atoms with Crippen LogP contribution in [0.3, 0.4) is 0 Å². The number of alkyl halides is 1. The zero-order valence-corrected chi connectivity index (χ0v) is 27.5. The van der Waals surface area contributed by atoms with E-state index in [1.807, 2.05) is 0 Å². The molecule has 0 aromatic heterocycles. The highest BCUT2D eigenvalue weighted by Gasteiger charge is 2.39. The molecule has 0 fully saturated rings. The van der Waals surface area contributed by atoms with Gasteiger partial charge in [0.1, 0.15) is 5.83 Å². The average Bonchev–Trinajstić information content (AvgIpc) is 2.99. The largest absolute Gasteiger partial charge is 0.239 e. The topological polar surface area (TPSA) is 0 Å². The highest BCUT2D eigenvalue weighted by molar-refractivity contribution is 5.33. The van der Waals surface area contributed by atoms with Gasteiger partial charge in [-0.15, -0.1) is 0 Å². The summed E-state index contributed by atoms with van der Waals surface area (Å²) in [6, 6.07) is 0. The maximum atomic E-state index is 13.0. The van der Waals surface area contributed by atoms with Crippen LogP contribution in [0.2, 0.25) is 0 Å². The van der Waals surface area contributed by atoms with Crippen LogP contribution in [0.1, 0.15) is 106 Å². The summed E-state index contributed by atoms with van der Waals surface area (Å²) < 4.78 is 63.7. The predicted octanol–water partition coefficient (Wildman–Crippen LogP) is 13.4. The Hall–Kier alpha value is -2.43. The third kappa shape index (κ3) is 14.3. The first-order valence-electron chi connectivity index (χ1n) is 16.2. The Balaban J connectivity index is 0.000000296. The molecule has 5 atom stereocenters. The molecule has 5 unspecified atom stereocenters. The second-order valence-corrected chi connectivity index (χ2v) is 12.8. The molecule has 0 radical (unpaired) electrons. The Morgan fingerprint density at radius 1 is 0.674 bits per heavy atom. The van der Waals surface area contributed by atoms with Crippen LogP contribution in [0.25, 0.3) is 0 Å². The van der Waals surface area contributed by atoms with Gasteiger partial charge in [0, 0.05) is 0 Å². The molecular formula is C38H55F5. The first-order valence-corrected chi connectivity index (χ1v) is 16.2. The van der Waals surface area contributed by atoms with Gasteiger partial charge in [-0.05, 0) is 67.3 Å². The SMILES string of the molecule is CC1C=CC=CC1.CCCC1C(F)=C(F)C(F)=C(F)C1F.CCCC1C=CC(C(C)(C)C)=CC1.CCCC1C=CC=CC1. The Morgan fingerprint density at radius 3 is 1.60 bits per heavy atom. The zero-order chi connectivity index (χ0) is 32.4. The van der Waals surface area contributed by atoms with Crippen LogP contribution >= 0.6 is 0 Å². The summed E-state index contributed by atoms with van der Waals surface area (Å²) in [7, 11) is 0. The van der Waals surface area contributed by atoms with E-state index in [0.29, 0.717) is 11.8 Å². The summed E-state index contributed by atoms with van der Waals surface area (Å²) in [4.78, 5) is 0. The van der Waals surface area contributed by atoms with Gasteiger partial charge in [0.15, 0.2) is 23.7 Å². The fourth-order valence-electron chi connectivity index (χ4n) is 5.11. The number of allylic oxidation sites excluding steroid dienone is 16. The van der Waals surface area contributed by atoms with E-state index in [9.17, 15) is 22.0 Å². The summed E-state index contributed by atoms with van der Waals surface area (Å²) in [5.41, 5.74) is 1.83. The van der Waals surface area contributed by atoms with Gasteiger partial charge in [-0.1, -0.05) is 135 Å². The lowest BCUT2D eigenvalue weighted by atomic mass is 9.81. The standard InChI is InChI=1S/C13H22.C9H9F5.C9H14.C7H10/c1-5-6-11-7-9-12(10-8-11)13(2,3)4;1-2-3-4-5(10)7(12)9(14)8(13)6(4)11;1-2-6-9-7-4-3-5-8-9;1-7-5-3-2-4-6-7/h7,9-11H,5-6,8H2,1-4H3;4-5H,2-3H2,1H3;3-5,7,9H,2,6,8H2,1H3;2-5,7H,6H2,1H3. The van der Waals surface area contributed by atoms with E-state index >= 15 is 0 Å². The number of hydrogen-bond donors (Lipinski definition) is 0. The van der Waals surface area contributed by atoms with Crippen LogP contribution in [0, 0.1) is 29.1 Å². The quantitative estimate of drug-likeness (QED) is 0.264. The lowest BCUT2D eigenvalue weighted by molar-refractivity contribution is 0.196. The second-order valence-electron chi connectivity index (χ2n) is 12.8. The lowest BCUT2D eigenvalue weighted by Crippen LogP contribution is -2.22. The van der Waals surface area contributed by atoms with Gasteiger partial charge in [-0.3, -0.25) is 0 Å². The number of rotatable bonds is 6. The fourth-order valence-corrected chi connectivity index (χ4v) is 5.11. The van der Waals surface area contributed by atoms with E-state index in [1.54, 1.807) is 6.92 Å². The van der Waals surface area contributed by atoms with Crippen molar-refractivity contribution in [3.05, 3.63) is 95.7 Å². The molecule has 0 bridgehead atoms. The van der Waals surface area contributed by atoms with E-state index in [-0.39, 0.29) is 6.42 Å². The van der Waals surface area contributed by atoms with Gasteiger partial charge < -0.3 is 0 Å². The van der Waals surface area contributed by atoms with Crippen molar-refractivity contribution in [3.8, 4) is 0 Å². The molecule has 0 aromatic rings. The minimum atomic E-state index is -2.41. The monoisotopic (exact) mass is 606 g/mol. The van der Waals surface area contributed by atoms with Crippen LogP contribution in [0.15, 0.2) is 95.7 Å². The van der Waals surface area contributed by atoms with Gasteiger partial charge in [0.25, 0.3) is 0 Å². The Morgan fingerprint density at radius 2 is 1.21 bits per heavy atom. The van der Waals surface area contributed by atoms with Gasteiger partial charge >= 0.3 is 0 Å². The number of hydrogen-bond acceptors (Lipinski definition) is 0. The molecule has 0 nitrogen and oxygen atoms in total. The van der Waals surface area contributed by atoms with E-state index in [2.05, 4.69) is 108 Å². The minimum absolute atomic E-state index is 0.0544. The van der Waals surface area contributed by atoms with E-state index in [0.717, 1.165) is 17.8 Å². The fraction of sp³-hybridized carbons (Fsp3) is 0.579. The normalized spacial score (nSPS) is 26.1. The van der Waals surface area contributed by atoms with Crippen molar-refractivity contribution in [2.45, 2.75) is 112 Å². The molecule has 0 aliphatic heterocycles. The van der Waals surface area contributed by atoms with Crippen LogP contribution < -0.4 is 0 Å². The van der Waals surface area contributed by atoms with Gasteiger partial charge in [-0.25, -0.2) is 22.0 Å². The van der Waals surface area contributed by atoms with Gasteiger partial charge in [-0.2, -0.15) is 0 Å². The predicted molar refractivity (Wildman–Crippen MR) is 175 cm³/mol. The molecule has 0 amide bonds. The molecule has 0 spiro atoms. The molecule has 4 rings (SSSR count). The first-order chi connectivity index (χ1) is 20.4. The number of halogens is 5. The molecule has 4 aliphatic rings. The molecule has 0 saturated heterocycles. The minimum Gasteiger partial charge on any atom is -0.239 e. The van der Waals surface area contributed by atoms with Crippen LogP contribution in [0.4, 0.5) is 22.0 Å². The van der Waals surface area contributed by atoms with Gasteiger partial charge in [0.05, 0.1) is 5.92 Å². The van der Waals surface area contributed by atoms with E-state index in [1.165, 1.54) is 50.5 Å². The summed E-state index contributed by atoms with van der Waals surface area (Å²) in [5.74, 6) is -6.46. The van der Waals surface area contributed by atoms with Crippen molar-refractivity contribution >= 4 is 0 Å². The molecule has 0 saturated carbocycles. The summed E-state index contributed by atoms with van der Waals surface area (Å²) in [6.45, 7) is 15.2. The zero-order valence-electron chi connectivity index (χ0n) is 27.5. The van der Waals surface area contributed by atoms with Crippen LogP contribution in [0.5, 0.6) is 0 Å². The molecule has 43 heavy (non-hydrogen) atoms. The maximum absolute atomic E-state index is 13.0. The lowest BCUT2D eigenvalue weighted by Gasteiger charge is -2.24. The molecule has 4 aliphatic carbocycles. The summed E-state index contributed by atoms with van der Waals surface area (Å²) >= 11 is 0. The third-order valence-corrected chi connectivity index (χ3v) is 7.77. The molecular weight excluding hydrogens is 551 g/mol. The smallest absolute Gasteiger partial charge is 0.195 e. The summed E-state index contributed by atoms with van der Waals surface area (Å²) in [6.07, 6.45) is 31.5. The Bertz CT molecular complexity index is 1060. The highest BCUT2D eigenvalue weighted by atomic mass is 19.2. The van der Waals surface area contributed by atoms with Crippen molar-refractivity contribution in [1.29, 1.82) is 0 Å². The third-order valence-electron chi connectivity index (χ3n) is 7.77. The van der Waals surface area contributed by atoms with Crippen molar-refractivity contribution < 1.29 is 22.0 Å². The molecule has 0 N–H and O–H groups in total. The van der Waals surface area contributed by atoms with Crippen molar-refractivity contribution in [2.75, 3.05) is 0 Å². The highest BCUT2D eigenvalue weighted by Crippen LogP contribution is 2.41. The molecule has 0 heterocycles. The van der Waals surface area contributed by atoms with Crippen LogP contribution in [-0.4, -0.2) is 6.17 Å². The Kier molecular flexibility index (Phi) is 18.4. The molecule has 5 heteroatoms. The van der Waals surface area contributed by atoms with Crippen molar-refractivity contribution in [3.63, 3.8) is 0 Å². The summed E-state index contributed by atoms with van der Waals surface area (Å²) in [5, 5.41) is 0.